The van der Waals surface area contributed by atoms with Crippen LogP contribution in [0, 0.1) is 0 Å². The summed E-state index contributed by atoms with van der Waals surface area (Å²) < 4.78 is 76.7. The Hall–Kier alpha value is -2.01. The normalized spacial score (nSPS) is 29.1. The molecule has 2 aliphatic rings. The Labute approximate surface area is 191 Å². The molecule has 1 aromatic heterocycles. The minimum Gasteiger partial charge on any atom is -0.372 e. The molecule has 2 aliphatic heterocycles. The van der Waals surface area contributed by atoms with Gasteiger partial charge in [0.2, 0.25) is 0 Å². The van der Waals surface area contributed by atoms with E-state index >= 15 is 0 Å². The second-order valence-corrected chi connectivity index (χ2v) is 11.4. The van der Waals surface area contributed by atoms with Gasteiger partial charge in [0, 0.05) is 19.3 Å². The summed E-state index contributed by atoms with van der Waals surface area (Å²) in [6.07, 6.45) is -3.80. The van der Waals surface area contributed by atoms with Crippen molar-refractivity contribution in [1.29, 1.82) is 0 Å². The van der Waals surface area contributed by atoms with Crippen LogP contribution in [0.25, 0.3) is 0 Å². The first-order chi connectivity index (χ1) is 15.5. The first-order valence-electron chi connectivity index (χ1n) is 10.9. The highest BCUT2D eigenvalue weighted by Crippen LogP contribution is 2.42. The van der Waals surface area contributed by atoms with E-state index in [1.807, 2.05) is 12.1 Å². The van der Waals surface area contributed by atoms with Gasteiger partial charge < -0.3 is 15.2 Å². The third-order valence-electron chi connectivity index (χ3n) is 6.46. The fourth-order valence-electron chi connectivity index (χ4n) is 4.38. The second kappa shape index (κ2) is 8.98. The predicted octanol–water partition coefficient (Wildman–Crippen LogP) is 4.36. The van der Waals surface area contributed by atoms with Crippen molar-refractivity contribution in [2.75, 3.05) is 13.2 Å². The number of nitrogens with two attached hydrogens (primary N) is 1. The third kappa shape index (κ3) is 4.94. The number of benzene rings is 1. The minimum absolute atomic E-state index is 0.0287. The van der Waals surface area contributed by atoms with Crippen LogP contribution in [0.1, 0.15) is 61.8 Å². The summed E-state index contributed by atoms with van der Waals surface area (Å²) in [5.41, 5.74) is 6.34. The quantitative estimate of drug-likeness (QED) is 0.693. The van der Waals surface area contributed by atoms with Crippen LogP contribution < -0.4 is 5.73 Å². The number of hydrogen-bond acceptors (Lipinski definition) is 6. The number of sulfone groups is 1. The first-order valence-corrected chi connectivity index (χ1v) is 12.4. The molecule has 180 valence electrons. The third-order valence-corrected chi connectivity index (χ3v) is 9.01. The molecule has 2 saturated heterocycles. The number of pyridine rings is 1. The van der Waals surface area contributed by atoms with E-state index in [2.05, 4.69) is 4.98 Å². The number of nitrogens with zero attached hydrogens (tertiary/aromatic N) is 1. The molecule has 0 bridgehead atoms. The zero-order valence-electron chi connectivity index (χ0n) is 18.2. The lowest BCUT2D eigenvalue weighted by atomic mass is 9.94. The van der Waals surface area contributed by atoms with Crippen LogP contribution in [0.15, 0.2) is 47.4 Å². The van der Waals surface area contributed by atoms with E-state index in [-0.39, 0.29) is 36.5 Å². The van der Waals surface area contributed by atoms with E-state index in [0.717, 1.165) is 18.6 Å². The monoisotopic (exact) mass is 484 g/mol. The average molecular weight is 485 g/mol. The summed E-state index contributed by atoms with van der Waals surface area (Å²) in [5, 5.41) is 0. The van der Waals surface area contributed by atoms with Gasteiger partial charge in [0.05, 0.1) is 26.6 Å². The fourth-order valence-corrected chi connectivity index (χ4v) is 6.22. The summed E-state index contributed by atoms with van der Waals surface area (Å²) in [6, 6.07) is 9.35. The van der Waals surface area contributed by atoms with Gasteiger partial charge in [-0.1, -0.05) is 12.1 Å². The fraction of sp³-hybridized carbons (Fsp3) is 0.522. The van der Waals surface area contributed by atoms with Crippen molar-refractivity contribution in [2.24, 2.45) is 5.73 Å². The molecular weight excluding hydrogens is 457 g/mol. The molecular formula is C23H27F3N2O4S. The maximum absolute atomic E-state index is 13.4. The molecule has 1 aromatic carbocycles. The Bertz CT molecular complexity index is 1110. The van der Waals surface area contributed by atoms with Gasteiger partial charge in [-0.15, -0.1) is 0 Å². The molecule has 2 fully saturated rings. The molecule has 3 heterocycles. The van der Waals surface area contributed by atoms with Crippen LogP contribution in [0.5, 0.6) is 0 Å². The molecule has 0 aliphatic carbocycles. The van der Waals surface area contributed by atoms with Gasteiger partial charge in [-0.3, -0.25) is 4.98 Å². The van der Waals surface area contributed by atoms with Gasteiger partial charge in [0.15, 0.2) is 9.84 Å². The molecule has 0 radical (unpaired) electrons. The van der Waals surface area contributed by atoms with Gasteiger partial charge in [-0.25, -0.2) is 8.42 Å². The lowest BCUT2D eigenvalue weighted by molar-refractivity contribution is -0.137. The zero-order chi connectivity index (χ0) is 23.9. The van der Waals surface area contributed by atoms with E-state index in [0.29, 0.717) is 30.5 Å². The molecule has 4 unspecified atom stereocenters. The Morgan fingerprint density at radius 3 is 2.42 bits per heavy atom. The highest BCUT2D eigenvalue weighted by molar-refractivity contribution is 7.92. The van der Waals surface area contributed by atoms with E-state index in [1.165, 1.54) is 6.07 Å². The van der Waals surface area contributed by atoms with Crippen molar-refractivity contribution in [3.05, 3.63) is 59.4 Å². The molecule has 0 spiro atoms. The second-order valence-electron chi connectivity index (χ2n) is 8.92. The van der Waals surface area contributed by atoms with Crippen LogP contribution in [-0.2, 0) is 25.5 Å². The molecule has 33 heavy (non-hydrogen) atoms. The largest absolute Gasteiger partial charge is 0.416 e. The average Bonchev–Trinajstić information content (AvgIpc) is 2.79. The molecule has 0 saturated carbocycles. The Kier molecular flexibility index (Phi) is 6.56. The SMILES string of the molecule is CC1(S(=O)(=O)c2cccc(C(F)(F)F)c2)CCOC(c2cccc(C3CC(N)CCO3)n2)C1. The van der Waals surface area contributed by atoms with Gasteiger partial charge >= 0.3 is 6.18 Å². The van der Waals surface area contributed by atoms with E-state index < -0.39 is 32.4 Å². The van der Waals surface area contributed by atoms with Crippen LogP contribution in [0.2, 0.25) is 0 Å². The first kappa shape index (κ1) is 24.1. The summed E-state index contributed by atoms with van der Waals surface area (Å²) >= 11 is 0. The van der Waals surface area contributed by atoms with Crippen molar-refractivity contribution in [3.63, 3.8) is 0 Å². The molecule has 2 aromatic rings. The highest BCUT2D eigenvalue weighted by atomic mass is 32.2. The Balaban J connectivity index is 1.60. The van der Waals surface area contributed by atoms with Crippen LogP contribution in [0.3, 0.4) is 0 Å². The number of rotatable bonds is 4. The summed E-state index contributed by atoms with van der Waals surface area (Å²) in [6.45, 7) is 2.26. The van der Waals surface area contributed by atoms with E-state index in [1.54, 1.807) is 13.0 Å². The van der Waals surface area contributed by atoms with Crippen LogP contribution >= 0.6 is 0 Å². The van der Waals surface area contributed by atoms with Gasteiger partial charge in [-0.2, -0.15) is 13.2 Å². The molecule has 4 rings (SSSR count). The van der Waals surface area contributed by atoms with Gasteiger partial charge in [0.1, 0.15) is 12.2 Å². The van der Waals surface area contributed by atoms with Crippen molar-refractivity contribution >= 4 is 9.84 Å². The number of ether oxygens (including phenoxy) is 2. The molecule has 10 heteroatoms. The highest BCUT2D eigenvalue weighted by Gasteiger charge is 2.46. The maximum Gasteiger partial charge on any atom is 0.416 e. The van der Waals surface area contributed by atoms with Crippen LogP contribution in [0.4, 0.5) is 13.2 Å². The molecule has 2 N–H and O–H groups in total. The van der Waals surface area contributed by atoms with Gasteiger partial charge in [-0.05, 0) is 62.9 Å². The van der Waals surface area contributed by atoms with Crippen molar-refractivity contribution in [1.82, 2.24) is 4.98 Å². The molecule has 4 atom stereocenters. The minimum atomic E-state index is -4.63. The standard InChI is InChI=1S/C23H27F3N2O4S/c1-22(33(29,30)17-5-2-4-15(12-17)23(24,25)26)9-11-32-21(14-22)19-7-3-6-18(28-19)20-13-16(27)8-10-31-20/h2-7,12,16,20-21H,8-11,13-14,27H2,1H3. The van der Waals surface area contributed by atoms with Gasteiger partial charge in [0.25, 0.3) is 0 Å². The van der Waals surface area contributed by atoms with Crippen molar-refractivity contribution < 1.29 is 31.1 Å². The maximum atomic E-state index is 13.4. The number of halogens is 3. The summed E-state index contributed by atoms with van der Waals surface area (Å²) in [4.78, 5) is 4.33. The number of alkyl halides is 3. The lowest BCUT2D eigenvalue weighted by Crippen LogP contribution is -2.42. The van der Waals surface area contributed by atoms with Crippen molar-refractivity contribution in [3.8, 4) is 0 Å². The predicted molar refractivity (Wildman–Crippen MR) is 115 cm³/mol. The van der Waals surface area contributed by atoms with E-state index in [4.69, 9.17) is 15.2 Å². The Morgan fingerprint density at radius 1 is 1.06 bits per heavy atom. The summed E-state index contributed by atoms with van der Waals surface area (Å²) in [5.74, 6) is 0. The summed E-state index contributed by atoms with van der Waals surface area (Å²) in [7, 11) is -4.07. The molecule has 6 nitrogen and oxygen atoms in total. The lowest BCUT2D eigenvalue weighted by Gasteiger charge is -2.37. The Morgan fingerprint density at radius 2 is 1.73 bits per heavy atom. The van der Waals surface area contributed by atoms with Crippen LogP contribution in [-0.4, -0.2) is 37.4 Å². The zero-order valence-corrected chi connectivity index (χ0v) is 19.0. The molecule has 0 amide bonds. The number of hydrogen-bond donors (Lipinski definition) is 1. The van der Waals surface area contributed by atoms with E-state index in [9.17, 15) is 21.6 Å². The topological polar surface area (TPSA) is 91.5 Å². The smallest absolute Gasteiger partial charge is 0.372 e. The van der Waals surface area contributed by atoms with Crippen molar-refractivity contribution in [2.45, 2.75) is 66.7 Å². The number of aromatic nitrogens is 1.